The Labute approximate surface area is 115 Å². The van der Waals surface area contributed by atoms with Crippen LogP contribution in [0.3, 0.4) is 0 Å². The number of ether oxygens (including phenoxy) is 2. The summed E-state index contributed by atoms with van der Waals surface area (Å²) < 4.78 is 11.4. The predicted octanol–water partition coefficient (Wildman–Crippen LogP) is 2.78. The lowest BCUT2D eigenvalue weighted by Crippen LogP contribution is -1.98. The van der Waals surface area contributed by atoms with E-state index < -0.39 is 0 Å². The van der Waals surface area contributed by atoms with Gasteiger partial charge in [0.05, 0.1) is 24.4 Å². The maximum atomic E-state index is 6.35. The molecule has 0 amide bonds. The fourth-order valence-corrected chi connectivity index (χ4v) is 2.60. The maximum absolute atomic E-state index is 6.35. The number of H-pyrrole nitrogens is 1. The van der Waals surface area contributed by atoms with Crippen molar-refractivity contribution in [3.8, 4) is 22.6 Å². The third kappa shape index (κ3) is 2.00. The first-order valence-electron chi connectivity index (χ1n) is 6.06. The van der Waals surface area contributed by atoms with Crippen LogP contribution in [0.25, 0.3) is 11.1 Å². The number of hydrogen-bond acceptors (Lipinski definition) is 4. The predicted molar refractivity (Wildman–Crippen MR) is 73.8 cm³/mol. The van der Waals surface area contributed by atoms with Crippen molar-refractivity contribution in [3.05, 3.63) is 22.8 Å². The molecule has 2 aromatic rings. The van der Waals surface area contributed by atoms with Crippen LogP contribution in [0.2, 0.25) is 5.02 Å². The zero-order valence-corrected chi connectivity index (χ0v) is 11.3. The van der Waals surface area contributed by atoms with Gasteiger partial charge in [-0.1, -0.05) is 11.6 Å². The number of anilines is 1. The fraction of sp³-hybridized carbons (Fsp3) is 0.308. The number of hydrogen-bond donors (Lipinski definition) is 2. The molecule has 0 aliphatic carbocycles. The van der Waals surface area contributed by atoms with Gasteiger partial charge in [-0.2, -0.15) is 5.10 Å². The van der Waals surface area contributed by atoms with Crippen LogP contribution in [-0.4, -0.2) is 23.4 Å². The molecule has 1 aromatic carbocycles. The largest absolute Gasteiger partial charge is 0.489 e. The Bertz CT molecular complexity index is 625. The Morgan fingerprint density at radius 2 is 2.16 bits per heavy atom. The molecule has 5 nitrogen and oxygen atoms in total. The molecule has 0 unspecified atom stereocenters. The minimum absolute atomic E-state index is 0.486. The van der Waals surface area contributed by atoms with E-state index >= 15 is 0 Å². The maximum Gasteiger partial charge on any atom is 0.164 e. The van der Waals surface area contributed by atoms with E-state index in [0.29, 0.717) is 29.8 Å². The molecule has 100 valence electrons. The zero-order chi connectivity index (χ0) is 13.4. The smallest absolute Gasteiger partial charge is 0.164 e. The van der Waals surface area contributed by atoms with Gasteiger partial charge < -0.3 is 15.2 Å². The average Bonchev–Trinajstić information content (AvgIpc) is 2.65. The molecule has 0 spiro atoms. The lowest BCUT2D eigenvalue weighted by molar-refractivity contribution is 0.296. The molecule has 0 radical (unpaired) electrons. The highest BCUT2D eigenvalue weighted by Gasteiger charge is 2.21. The number of nitrogens with one attached hydrogen (secondary N) is 1. The lowest BCUT2D eigenvalue weighted by Gasteiger charge is -2.15. The van der Waals surface area contributed by atoms with Crippen molar-refractivity contribution in [3.63, 3.8) is 0 Å². The van der Waals surface area contributed by atoms with E-state index in [1.807, 2.05) is 6.92 Å². The van der Waals surface area contributed by atoms with E-state index in [9.17, 15) is 0 Å². The van der Waals surface area contributed by atoms with Gasteiger partial charge in [-0.25, -0.2) is 0 Å². The Balaban J connectivity index is 2.21. The Kier molecular flexibility index (Phi) is 2.98. The summed E-state index contributed by atoms with van der Waals surface area (Å²) in [5.74, 6) is 1.91. The molecule has 0 saturated carbocycles. The van der Waals surface area contributed by atoms with Crippen molar-refractivity contribution in [1.82, 2.24) is 10.2 Å². The molecule has 6 heteroatoms. The molecule has 1 aliphatic heterocycles. The third-order valence-electron chi connectivity index (χ3n) is 3.17. The average molecular weight is 280 g/mol. The molecular formula is C13H14ClN3O2. The second kappa shape index (κ2) is 4.66. The number of nitrogens with zero attached hydrogens (tertiary/aromatic N) is 1. The quantitative estimate of drug-likeness (QED) is 0.842. The standard InChI is InChI=1S/C13H14ClN3O2/c1-7-11(8-6-16-17-13(8)15)9(14)5-10-12(7)19-4-2-3-18-10/h5-6H,2-4H2,1H3,(H3,15,16,17). The van der Waals surface area contributed by atoms with E-state index in [1.165, 1.54) is 0 Å². The van der Waals surface area contributed by atoms with Crippen LogP contribution in [0.5, 0.6) is 11.5 Å². The SMILES string of the molecule is Cc1c2c(cc(Cl)c1-c1cn[nH]c1N)OCCCO2. The number of aromatic amines is 1. The molecule has 0 saturated heterocycles. The van der Waals surface area contributed by atoms with Crippen molar-refractivity contribution < 1.29 is 9.47 Å². The van der Waals surface area contributed by atoms with E-state index in [2.05, 4.69) is 10.2 Å². The van der Waals surface area contributed by atoms with Gasteiger partial charge in [-0.15, -0.1) is 0 Å². The van der Waals surface area contributed by atoms with Gasteiger partial charge in [-0.3, -0.25) is 5.10 Å². The summed E-state index contributed by atoms with van der Waals surface area (Å²) in [4.78, 5) is 0. The summed E-state index contributed by atoms with van der Waals surface area (Å²) in [6.45, 7) is 3.22. The van der Waals surface area contributed by atoms with Crippen LogP contribution < -0.4 is 15.2 Å². The number of halogens is 1. The van der Waals surface area contributed by atoms with Gasteiger partial charge in [0.1, 0.15) is 5.82 Å². The number of nitrogen functional groups attached to an aromatic ring is 1. The number of aromatic nitrogens is 2. The monoisotopic (exact) mass is 279 g/mol. The van der Waals surface area contributed by atoms with Gasteiger partial charge in [0.25, 0.3) is 0 Å². The molecule has 1 aliphatic rings. The van der Waals surface area contributed by atoms with E-state index in [1.54, 1.807) is 12.3 Å². The van der Waals surface area contributed by atoms with Crippen LogP contribution in [0, 0.1) is 6.92 Å². The lowest BCUT2D eigenvalue weighted by atomic mass is 10.0. The second-order valence-electron chi connectivity index (χ2n) is 4.43. The van der Waals surface area contributed by atoms with Crippen LogP contribution in [0.1, 0.15) is 12.0 Å². The van der Waals surface area contributed by atoms with Crippen molar-refractivity contribution in [2.24, 2.45) is 0 Å². The van der Waals surface area contributed by atoms with Crippen LogP contribution in [0.4, 0.5) is 5.82 Å². The van der Waals surface area contributed by atoms with Crippen molar-refractivity contribution >= 4 is 17.4 Å². The molecule has 0 atom stereocenters. The van der Waals surface area contributed by atoms with Gasteiger partial charge >= 0.3 is 0 Å². The van der Waals surface area contributed by atoms with E-state index in [4.69, 9.17) is 26.8 Å². The summed E-state index contributed by atoms with van der Waals surface area (Å²) in [7, 11) is 0. The molecule has 2 heterocycles. The summed E-state index contributed by atoms with van der Waals surface area (Å²) in [6.07, 6.45) is 2.52. The van der Waals surface area contributed by atoms with Crippen LogP contribution in [-0.2, 0) is 0 Å². The number of benzene rings is 1. The summed E-state index contributed by atoms with van der Waals surface area (Å²) >= 11 is 6.35. The fourth-order valence-electron chi connectivity index (χ4n) is 2.26. The minimum atomic E-state index is 0.486. The number of fused-ring (bicyclic) bond motifs is 1. The highest BCUT2D eigenvalue weighted by atomic mass is 35.5. The topological polar surface area (TPSA) is 73.2 Å². The molecule has 0 fully saturated rings. The first kappa shape index (κ1) is 12.2. The van der Waals surface area contributed by atoms with E-state index in [0.717, 1.165) is 28.9 Å². The summed E-state index contributed by atoms with van der Waals surface area (Å²) in [5.41, 5.74) is 8.39. The third-order valence-corrected chi connectivity index (χ3v) is 3.46. The number of rotatable bonds is 1. The van der Waals surface area contributed by atoms with Crippen molar-refractivity contribution in [1.29, 1.82) is 0 Å². The van der Waals surface area contributed by atoms with Gasteiger partial charge in [-0.05, 0) is 6.92 Å². The van der Waals surface area contributed by atoms with Crippen molar-refractivity contribution in [2.45, 2.75) is 13.3 Å². The van der Waals surface area contributed by atoms with E-state index in [-0.39, 0.29) is 0 Å². The minimum Gasteiger partial charge on any atom is -0.489 e. The Morgan fingerprint density at radius 3 is 2.89 bits per heavy atom. The molecule has 0 bridgehead atoms. The second-order valence-corrected chi connectivity index (χ2v) is 4.84. The highest BCUT2D eigenvalue weighted by molar-refractivity contribution is 6.34. The van der Waals surface area contributed by atoms with Crippen molar-refractivity contribution in [2.75, 3.05) is 18.9 Å². The summed E-state index contributed by atoms with van der Waals surface area (Å²) in [5, 5.41) is 7.22. The van der Waals surface area contributed by atoms with Gasteiger partial charge in [0, 0.05) is 29.2 Å². The molecule has 1 aromatic heterocycles. The highest BCUT2D eigenvalue weighted by Crippen LogP contribution is 2.44. The molecule has 3 N–H and O–H groups in total. The Hall–Kier alpha value is -1.88. The molecule has 19 heavy (non-hydrogen) atoms. The normalized spacial score (nSPS) is 14.2. The number of nitrogens with two attached hydrogens (primary N) is 1. The first-order chi connectivity index (χ1) is 9.18. The molecular weight excluding hydrogens is 266 g/mol. The Morgan fingerprint density at radius 1 is 1.37 bits per heavy atom. The van der Waals surface area contributed by atoms with Gasteiger partial charge in [0.2, 0.25) is 0 Å². The van der Waals surface area contributed by atoms with Gasteiger partial charge in [0.15, 0.2) is 11.5 Å². The molecule has 3 rings (SSSR count). The zero-order valence-electron chi connectivity index (χ0n) is 10.5. The van der Waals surface area contributed by atoms with Crippen LogP contribution in [0.15, 0.2) is 12.3 Å². The summed E-state index contributed by atoms with van der Waals surface area (Å²) in [6, 6.07) is 1.77. The van der Waals surface area contributed by atoms with Crippen LogP contribution >= 0.6 is 11.6 Å². The first-order valence-corrected chi connectivity index (χ1v) is 6.44.